The second kappa shape index (κ2) is 9.42. The Labute approximate surface area is 206 Å². The number of carbonyl (C=O) groups excluding carboxylic acids is 2. The molecular formula is C29H30ClNO3. The quantitative estimate of drug-likeness (QED) is 0.485. The third kappa shape index (κ3) is 4.09. The monoisotopic (exact) mass is 475 g/mol. The highest BCUT2D eigenvalue weighted by Gasteiger charge is 2.42. The number of halogens is 1. The summed E-state index contributed by atoms with van der Waals surface area (Å²) in [5.74, 6) is 0.582. The molecular weight excluding hydrogens is 446 g/mol. The molecule has 5 heteroatoms. The van der Waals surface area contributed by atoms with Gasteiger partial charge in [0.15, 0.2) is 11.6 Å². The number of Topliss-reactive ketones (excluding diaryl/α,β-unsaturated/α-hetero) is 2. The average molecular weight is 476 g/mol. The van der Waals surface area contributed by atoms with Gasteiger partial charge in [0.05, 0.1) is 5.02 Å². The summed E-state index contributed by atoms with van der Waals surface area (Å²) in [4.78, 5) is 28.7. The summed E-state index contributed by atoms with van der Waals surface area (Å²) in [6, 6.07) is 13.9. The van der Waals surface area contributed by atoms with E-state index < -0.39 is 0 Å². The molecule has 1 heterocycles. The fourth-order valence-electron chi connectivity index (χ4n) is 5.59. The Morgan fingerprint density at radius 1 is 0.912 bits per heavy atom. The van der Waals surface area contributed by atoms with Crippen molar-refractivity contribution in [3.63, 3.8) is 0 Å². The molecule has 0 spiro atoms. The van der Waals surface area contributed by atoms with Crippen LogP contribution in [0.15, 0.2) is 65.0 Å². The van der Waals surface area contributed by atoms with Crippen molar-refractivity contribution in [1.29, 1.82) is 0 Å². The van der Waals surface area contributed by atoms with Crippen LogP contribution >= 0.6 is 11.6 Å². The lowest BCUT2D eigenvalue weighted by atomic mass is 9.71. The predicted molar refractivity (Wildman–Crippen MR) is 134 cm³/mol. The summed E-state index contributed by atoms with van der Waals surface area (Å²) in [6.07, 6.45) is 4.56. The zero-order chi connectivity index (χ0) is 23.8. The fraction of sp³-hybridized carbons (Fsp3) is 0.379. The summed E-state index contributed by atoms with van der Waals surface area (Å²) in [7, 11) is 0. The van der Waals surface area contributed by atoms with Crippen molar-refractivity contribution in [1.82, 2.24) is 4.90 Å². The van der Waals surface area contributed by atoms with Crippen molar-refractivity contribution >= 4 is 23.2 Å². The Kier molecular flexibility index (Phi) is 6.35. The summed E-state index contributed by atoms with van der Waals surface area (Å²) >= 11 is 6.68. The Morgan fingerprint density at radius 3 is 2.09 bits per heavy atom. The van der Waals surface area contributed by atoms with Crippen LogP contribution in [0.1, 0.15) is 68.1 Å². The van der Waals surface area contributed by atoms with Gasteiger partial charge >= 0.3 is 0 Å². The summed E-state index contributed by atoms with van der Waals surface area (Å²) < 4.78 is 6.00. The second-order valence-corrected chi connectivity index (χ2v) is 9.82. The van der Waals surface area contributed by atoms with Crippen LogP contribution in [0.3, 0.4) is 0 Å². The number of aryl methyl sites for hydroxylation is 1. The third-order valence-electron chi connectivity index (χ3n) is 7.21. The molecule has 0 saturated heterocycles. The molecule has 0 fully saturated rings. The number of nitrogens with zero attached hydrogens (tertiary/aromatic N) is 1. The van der Waals surface area contributed by atoms with E-state index in [1.54, 1.807) is 0 Å². The lowest BCUT2D eigenvalue weighted by Gasteiger charge is -2.43. The topological polar surface area (TPSA) is 46.6 Å². The Hall–Kier alpha value is -2.85. The molecule has 0 unspecified atom stereocenters. The molecule has 5 rings (SSSR count). The van der Waals surface area contributed by atoms with Gasteiger partial charge < -0.3 is 9.64 Å². The van der Waals surface area contributed by atoms with Crippen molar-refractivity contribution < 1.29 is 14.3 Å². The Balaban J connectivity index is 1.52. The van der Waals surface area contributed by atoms with Gasteiger partial charge in [-0.05, 0) is 62.8 Å². The van der Waals surface area contributed by atoms with E-state index in [1.807, 2.05) is 30.3 Å². The van der Waals surface area contributed by atoms with Gasteiger partial charge in [-0.25, -0.2) is 0 Å². The zero-order valence-corrected chi connectivity index (χ0v) is 20.6. The van der Waals surface area contributed by atoms with Crippen LogP contribution in [-0.2, 0) is 16.2 Å². The molecule has 0 bridgehead atoms. The number of ether oxygens (including phenoxy) is 1. The molecule has 0 atom stereocenters. The van der Waals surface area contributed by atoms with E-state index in [2.05, 4.69) is 30.9 Å². The van der Waals surface area contributed by atoms with Crippen molar-refractivity contribution in [3.8, 4) is 5.75 Å². The average Bonchev–Trinajstić information content (AvgIpc) is 2.83. The van der Waals surface area contributed by atoms with Gasteiger partial charge in [-0.15, -0.1) is 0 Å². The molecule has 4 nitrogen and oxygen atoms in total. The Bertz CT molecular complexity index is 1160. The predicted octanol–water partition coefficient (Wildman–Crippen LogP) is 6.66. The molecule has 176 valence electrons. The number of rotatable bonds is 5. The molecule has 2 aromatic carbocycles. The number of carbonyl (C=O) groups is 2. The highest BCUT2D eigenvalue weighted by Crippen LogP contribution is 2.49. The first-order valence-corrected chi connectivity index (χ1v) is 12.6. The van der Waals surface area contributed by atoms with E-state index in [0.717, 1.165) is 65.9 Å². The number of benzene rings is 2. The van der Waals surface area contributed by atoms with E-state index in [9.17, 15) is 9.59 Å². The van der Waals surface area contributed by atoms with Crippen LogP contribution in [-0.4, -0.2) is 23.0 Å². The van der Waals surface area contributed by atoms with E-state index in [1.165, 1.54) is 5.56 Å². The first kappa shape index (κ1) is 22.9. The van der Waals surface area contributed by atoms with Gasteiger partial charge in [-0.2, -0.15) is 0 Å². The lowest BCUT2D eigenvalue weighted by molar-refractivity contribution is -0.117. The zero-order valence-electron chi connectivity index (χ0n) is 19.8. The van der Waals surface area contributed by atoms with Crippen LogP contribution in [0.5, 0.6) is 5.75 Å². The smallest absolute Gasteiger partial charge is 0.161 e. The van der Waals surface area contributed by atoms with Crippen LogP contribution in [0.2, 0.25) is 5.02 Å². The molecule has 3 aliphatic rings. The molecule has 0 aromatic heterocycles. The SMILES string of the molecule is CCN1C2=C(C(=O)CCC2)C(c2ccc(OCc3ccc(C)cc3)c(Cl)c2)C2=C1CCCC2=O. The highest BCUT2D eigenvalue weighted by molar-refractivity contribution is 6.32. The van der Waals surface area contributed by atoms with Crippen LogP contribution in [0.4, 0.5) is 0 Å². The van der Waals surface area contributed by atoms with Gasteiger partial charge in [-0.3, -0.25) is 9.59 Å². The molecule has 34 heavy (non-hydrogen) atoms. The molecule has 0 radical (unpaired) electrons. The number of hydrogen-bond donors (Lipinski definition) is 0. The molecule has 2 aliphatic carbocycles. The fourth-order valence-corrected chi connectivity index (χ4v) is 5.83. The molecule has 1 aliphatic heterocycles. The minimum absolute atomic E-state index is 0.158. The minimum atomic E-state index is -0.336. The number of hydrogen-bond acceptors (Lipinski definition) is 4. The summed E-state index contributed by atoms with van der Waals surface area (Å²) in [5.41, 5.74) is 6.98. The lowest BCUT2D eigenvalue weighted by Crippen LogP contribution is -2.39. The van der Waals surface area contributed by atoms with Crippen molar-refractivity contribution in [2.75, 3.05) is 6.54 Å². The van der Waals surface area contributed by atoms with E-state index in [4.69, 9.17) is 16.3 Å². The van der Waals surface area contributed by atoms with Crippen LogP contribution in [0, 0.1) is 6.92 Å². The Morgan fingerprint density at radius 2 is 1.53 bits per heavy atom. The van der Waals surface area contributed by atoms with Gasteiger partial charge in [0.25, 0.3) is 0 Å². The first-order chi connectivity index (χ1) is 16.5. The maximum atomic E-state index is 13.2. The van der Waals surface area contributed by atoms with E-state index in [-0.39, 0.29) is 17.5 Å². The third-order valence-corrected chi connectivity index (χ3v) is 7.50. The van der Waals surface area contributed by atoms with Crippen LogP contribution in [0.25, 0.3) is 0 Å². The van der Waals surface area contributed by atoms with Gasteiger partial charge in [-0.1, -0.05) is 47.5 Å². The number of ketones is 2. The molecule has 0 saturated carbocycles. The largest absolute Gasteiger partial charge is 0.487 e. The summed E-state index contributed by atoms with van der Waals surface area (Å²) in [6.45, 7) is 5.36. The van der Waals surface area contributed by atoms with Crippen LogP contribution < -0.4 is 4.74 Å². The van der Waals surface area contributed by atoms with Gasteiger partial charge in [0.1, 0.15) is 12.4 Å². The van der Waals surface area contributed by atoms with Crippen molar-refractivity contribution in [2.45, 2.75) is 64.9 Å². The minimum Gasteiger partial charge on any atom is -0.487 e. The van der Waals surface area contributed by atoms with E-state index >= 15 is 0 Å². The standard InChI is InChI=1S/C29H30ClNO3/c1-3-31-22-6-4-8-24(32)28(22)27(29-23(31)7-5-9-25(29)33)20-14-15-26(21(30)16-20)34-17-19-12-10-18(2)11-13-19/h10-16,27H,3-9,17H2,1-2H3. The molecule has 0 N–H and O–H groups in total. The van der Waals surface area contributed by atoms with Crippen molar-refractivity contribution in [3.05, 3.63) is 86.7 Å². The van der Waals surface area contributed by atoms with Crippen molar-refractivity contribution in [2.24, 2.45) is 0 Å². The summed E-state index contributed by atoms with van der Waals surface area (Å²) in [5, 5.41) is 0.498. The first-order valence-electron chi connectivity index (χ1n) is 12.3. The second-order valence-electron chi connectivity index (χ2n) is 9.42. The molecule has 2 aromatic rings. The normalized spacial score (nSPS) is 18.9. The maximum absolute atomic E-state index is 13.2. The highest BCUT2D eigenvalue weighted by atomic mass is 35.5. The van der Waals surface area contributed by atoms with Gasteiger partial charge in [0, 0.05) is 47.8 Å². The van der Waals surface area contributed by atoms with E-state index in [0.29, 0.717) is 30.2 Å². The van der Waals surface area contributed by atoms with Gasteiger partial charge in [0.2, 0.25) is 0 Å². The maximum Gasteiger partial charge on any atom is 0.161 e. The number of allylic oxidation sites excluding steroid dienone is 4. The molecule has 0 amide bonds.